The van der Waals surface area contributed by atoms with Crippen molar-refractivity contribution in [3.63, 3.8) is 0 Å². The Bertz CT molecular complexity index is 2300. The summed E-state index contributed by atoms with van der Waals surface area (Å²) >= 11 is 0. The molecule has 2 aromatic carbocycles. The van der Waals surface area contributed by atoms with Crippen LogP contribution in [0.4, 0.5) is 21.0 Å². The number of nitro groups is 2. The van der Waals surface area contributed by atoms with Gasteiger partial charge in [0, 0.05) is 31.7 Å². The quantitative estimate of drug-likeness (QED) is 0.0181. The number of rotatable bonds is 24. The van der Waals surface area contributed by atoms with Gasteiger partial charge in [0.05, 0.1) is 53.9 Å². The zero-order valence-corrected chi connectivity index (χ0v) is 46.8. The zero-order valence-electron chi connectivity index (χ0n) is 42.8. The number of nitrogens with zero attached hydrogens (tertiary/aromatic N) is 4. The number of nitro benzene ring substituents is 2. The van der Waals surface area contributed by atoms with Gasteiger partial charge in [0.1, 0.15) is 18.8 Å². The van der Waals surface area contributed by atoms with Gasteiger partial charge in [0.2, 0.25) is 0 Å². The second-order valence-electron chi connectivity index (χ2n) is 18.9. The molecule has 25 nitrogen and oxygen atoms in total. The SMILES string of the molecule is C=CCOc1cc([N+](=O)[O-])c(C(C)OC(=O)ON2C(=O)CCC2=O)cc1OC.COc1cc(C(C)OC(=O)ON2C(=O)CCC2=O)c([N+](=O)[O-])cc1OCCC[Si](O[Si](C)(C)C)(O[Si](C)(C)C)O[Si](C)(C)C. The fraction of sp³-hybridized carbons (Fsp3) is 0.535. The molecule has 2 saturated heterocycles. The van der Waals surface area contributed by atoms with Crippen molar-refractivity contribution in [3.05, 3.63) is 68.3 Å². The van der Waals surface area contributed by atoms with Gasteiger partial charge in [-0.2, -0.15) is 0 Å². The first-order valence-electron chi connectivity index (χ1n) is 22.5. The molecule has 2 fully saturated rings. The van der Waals surface area contributed by atoms with Gasteiger partial charge in [0.25, 0.3) is 35.0 Å². The number of amides is 4. The topological polar surface area (TPSA) is 297 Å². The van der Waals surface area contributed by atoms with Gasteiger partial charge >= 0.3 is 21.1 Å². The van der Waals surface area contributed by atoms with Crippen molar-refractivity contribution < 1.29 is 89.1 Å². The standard InChI is InChI=1S/C26H46N2O12Si4.C17H18N2O9/c1-19(36-26(31)37-27-24(29)13-14-25(27)30)20-17-22(34-2)23(18-21(20)28(32)33)35-15-12-16-44(38-41(3,4)5,39-42(6,7)8)40-43(9,10)11;1-4-7-26-14-9-12(19(23)24)11(8-13(14)25-3)10(2)27-17(22)28-18-15(20)5-6-16(18)21/h17-19H,12-16H2,1-11H3;4,8-10H,1,5-7H2,2-3H3. The average molecular weight is 1090 g/mol. The maximum atomic E-state index is 12.3. The van der Waals surface area contributed by atoms with Crippen LogP contribution in [0.2, 0.25) is 65.0 Å². The second kappa shape index (κ2) is 25.4. The van der Waals surface area contributed by atoms with Gasteiger partial charge in [-0.05, 0) is 91.3 Å². The van der Waals surface area contributed by atoms with Gasteiger partial charge in [0.15, 0.2) is 48.0 Å². The van der Waals surface area contributed by atoms with Crippen LogP contribution < -0.4 is 18.9 Å². The molecule has 0 aromatic heterocycles. The third-order valence-corrected chi connectivity index (χ3v) is 21.5. The number of hydrogen-bond donors (Lipinski definition) is 0. The Balaban J connectivity index is 0.000000419. The molecule has 2 atom stereocenters. The first-order valence-corrected chi connectivity index (χ1v) is 34.7. The van der Waals surface area contributed by atoms with Crippen molar-refractivity contribution in [2.24, 2.45) is 0 Å². The molecule has 0 N–H and O–H groups in total. The van der Waals surface area contributed by atoms with Crippen LogP contribution in [0.15, 0.2) is 36.9 Å². The zero-order chi connectivity index (χ0) is 54.5. The van der Waals surface area contributed by atoms with E-state index in [1.807, 2.05) is 0 Å². The Morgan fingerprint density at radius 3 is 1.28 bits per heavy atom. The van der Waals surface area contributed by atoms with Gasteiger partial charge in [-0.3, -0.25) is 49.1 Å². The summed E-state index contributed by atoms with van der Waals surface area (Å²) < 4.78 is 52.1. The Kier molecular flexibility index (Phi) is 21.2. The summed E-state index contributed by atoms with van der Waals surface area (Å²) in [5, 5.41) is 24.1. The minimum Gasteiger partial charge on any atom is -0.493 e. The van der Waals surface area contributed by atoms with Crippen LogP contribution in [0.1, 0.15) is 69.3 Å². The highest BCUT2D eigenvalue weighted by molar-refractivity contribution is 6.90. The minimum absolute atomic E-state index is 0.00254. The second-order valence-corrected chi connectivity index (χ2v) is 35.9. The monoisotopic (exact) mass is 1080 g/mol. The normalized spacial score (nSPS) is 15.0. The third kappa shape index (κ3) is 18.1. The molecule has 0 spiro atoms. The molecule has 2 aliphatic heterocycles. The molecular weight excluding hydrogens is 1020 g/mol. The molecule has 4 rings (SSSR count). The lowest BCUT2D eigenvalue weighted by atomic mass is 10.1. The van der Waals surface area contributed by atoms with E-state index in [2.05, 4.69) is 70.3 Å². The highest BCUT2D eigenvalue weighted by atomic mass is 28.5. The van der Waals surface area contributed by atoms with E-state index in [0.717, 1.165) is 6.07 Å². The van der Waals surface area contributed by atoms with Crippen LogP contribution >= 0.6 is 0 Å². The predicted octanol–water partition coefficient (Wildman–Crippen LogP) is 8.59. The summed E-state index contributed by atoms with van der Waals surface area (Å²) in [6.07, 6.45) is -3.41. The fourth-order valence-electron chi connectivity index (χ4n) is 6.80. The van der Waals surface area contributed by atoms with Crippen LogP contribution in [0.5, 0.6) is 23.0 Å². The van der Waals surface area contributed by atoms with Gasteiger partial charge < -0.3 is 40.8 Å². The van der Waals surface area contributed by atoms with E-state index in [-0.39, 0.29) is 84.4 Å². The molecule has 2 aromatic rings. The van der Waals surface area contributed by atoms with Crippen LogP contribution in [0, 0.1) is 20.2 Å². The molecule has 2 aliphatic rings. The van der Waals surface area contributed by atoms with Crippen LogP contribution in [0.25, 0.3) is 0 Å². The summed E-state index contributed by atoms with van der Waals surface area (Å²) in [6, 6.07) is 5.49. The summed E-state index contributed by atoms with van der Waals surface area (Å²) in [5.41, 5.74) is -0.765. The maximum Gasteiger partial charge on any atom is 0.534 e. The molecule has 0 saturated carbocycles. The molecular formula is C43H64N4O21Si4. The lowest BCUT2D eigenvalue weighted by molar-refractivity contribution is -0.386. The number of carbonyl (C=O) groups is 6. The van der Waals surface area contributed by atoms with Crippen molar-refractivity contribution in [2.45, 2.75) is 123 Å². The minimum atomic E-state index is -3.09. The number of hydroxylamine groups is 4. The number of hydrogen-bond acceptors (Lipinski definition) is 21. The van der Waals surface area contributed by atoms with Gasteiger partial charge in [-0.25, -0.2) is 9.59 Å². The van der Waals surface area contributed by atoms with E-state index < -0.39 is 91.8 Å². The fourth-order valence-corrected chi connectivity index (χ4v) is 21.4. The Morgan fingerprint density at radius 2 is 0.972 bits per heavy atom. The molecule has 72 heavy (non-hydrogen) atoms. The van der Waals surface area contributed by atoms with Crippen molar-refractivity contribution in [1.29, 1.82) is 0 Å². The lowest BCUT2D eigenvalue weighted by Gasteiger charge is -2.42. The summed E-state index contributed by atoms with van der Waals surface area (Å²) in [5.74, 6) is -2.12. The van der Waals surface area contributed by atoms with E-state index in [1.165, 1.54) is 52.3 Å². The molecule has 2 unspecified atom stereocenters. The molecule has 0 aliphatic carbocycles. The Morgan fingerprint density at radius 1 is 0.625 bits per heavy atom. The van der Waals surface area contributed by atoms with E-state index in [0.29, 0.717) is 22.6 Å². The van der Waals surface area contributed by atoms with E-state index in [1.54, 1.807) is 0 Å². The summed E-state index contributed by atoms with van der Waals surface area (Å²) in [6.45, 7) is 25.5. The van der Waals surface area contributed by atoms with Gasteiger partial charge in [-0.15, -0.1) is 0 Å². The Hall–Kier alpha value is -6.25. The molecule has 0 bridgehead atoms. The summed E-state index contributed by atoms with van der Waals surface area (Å²) in [7, 11) is -6.54. The predicted molar refractivity (Wildman–Crippen MR) is 263 cm³/mol. The number of benzene rings is 2. The highest BCUT2D eigenvalue weighted by Crippen LogP contribution is 2.41. The van der Waals surface area contributed by atoms with Gasteiger partial charge in [-0.1, -0.05) is 22.8 Å². The number of ether oxygens (including phenoxy) is 6. The van der Waals surface area contributed by atoms with Crippen LogP contribution in [-0.4, -0.2) is 117 Å². The van der Waals surface area contributed by atoms with Crippen molar-refractivity contribution >= 4 is 81.1 Å². The smallest absolute Gasteiger partial charge is 0.493 e. The van der Waals surface area contributed by atoms with Crippen molar-refractivity contribution in [2.75, 3.05) is 27.4 Å². The average Bonchev–Trinajstić information content (AvgIpc) is 3.74. The summed E-state index contributed by atoms with van der Waals surface area (Å²) in [4.78, 5) is 102. The van der Waals surface area contributed by atoms with Crippen LogP contribution in [0.3, 0.4) is 0 Å². The van der Waals surface area contributed by atoms with Crippen molar-refractivity contribution in [3.8, 4) is 23.0 Å². The lowest BCUT2D eigenvalue weighted by Crippen LogP contribution is -2.60. The third-order valence-electron chi connectivity index (χ3n) is 9.41. The number of methoxy groups -OCH3 is 2. The maximum absolute atomic E-state index is 12.3. The molecule has 398 valence electrons. The first kappa shape index (κ1) is 60.1. The molecule has 29 heteroatoms. The van der Waals surface area contributed by atoms with Crippen molar-refractivity contribution in [1.82, 2.24) is 10.1 Å². The van der Waals surface area contributed by atoms with E-state index >= 15 is 0 Å². The molecule has 4 amide bonds. The van der Waals surface area contributed by atoms with Crippen LogP contribution in [-0.2, 0) is 50.7 Å². The number of carbonyl (C=O) groups excluding carboxylic acids is 6. The molecule has 2 heterocycles. The largest absolute Gasteiger partial charge is 0.534 e. The molecule has 0 radical (unpaired) electrons. The highest BCUT2D eigenvalue weighted by Gasteiger charge is 2.49. The Labute approximate surface area is 420 Å². The number of imide groups is 2. The van der Waals surface area contributed by atoms with E-state index in [9.17, 15) is 49.0 Å². The first-order chi connectivity index (χ1) is 33.3. The van der Waals surface area contributed by atoms with E-state index in [4.69, 9.17) is 45.6 Å².